The van der Waals surface area contributed by atoms with Gasteiger partial charge in [0.15, 0.2) is 0 Å². The van der Waals surface area contributed by atoms with Crippen molar-refractivity contribution in [3.8, 4) is 0 Å². The Balaban J connectivity index is 2.31. The van der Waals surface area contributed by atoms with Crippen LogP contribution in [0.25, 0.3) is 0 Å². The van der Waals surface area contributed by atoms with E-state index in [9.17, 15) is 13.2 Å². The SMILES string of the molecule is CCN(Cc1ccccc1Cl)C(=O)c1cc(S(=O)(=O)NC)cn1C. The van der Waals surface area contributed by atoms with E-state index < -0.39 is 10.0 Å². The average molecular weight is 370 g/mol. The zero-order chi connectivity index (χ0) is 17.9. The van der Waals surface area contributed by atoms with Crippen molar-refractivity contribution >= 4 is 27.5 Å². The third kappa shape index (κ3) is 3.80. The van der Waals surface area contributed by atoms with Crippen LogP contribution < -0.4 is 4.72 Å². The number of halogens is 1. The first-order valence-electron chi connectivity index (χ1n) is 7.42. The summed E-state index contributed by atoms with van der Waals surface area (Å²) in [6.07, 6.45) is 1.42. The maximum absolute atomic E-state index is 12.8. The Morgan fingerprint density at radius 2 is 2.00 bits per heavy atom. The van der Waals surface area contributed by atoms with Crippen LogP contribution in [0.4, 0.5) is 0 Å². The first-order valence-corrected chi connectivity index (χ1v) is 9.28. The van der Waals surface area contributed by atoms with Crippen LogP contribution in [-0.4, -0.2) is 37.4 Å². The highest BCUT2D eigenvalue weighted by Gasteiger charge is 2.22. The van der Waals surface area contributed by atoms with Crippen molar-refractivity contribution < 1.29 is 13.2 Å². The molecule has 1 aromatic carbocycles. The molecule has 0 atom stereocenters. The normalized spacial score (nSPS) is 11.5. The van der Waals surface area contributed by atoms with Gasteiger partial charge in [-0.05, 0) is 31.7 Å². The molecule has 1 aromatic heterocycles. The number of aromatic nitrogens is 1. The number of benzene rings is 1. The van der Waals surface area contributed by atoms with Crippen LogP contribution >= 0.6 is 11.6 Å². The zero-order valence-corrected chi connectivity index (χ0v) is 15.4. The molecule has 0 aliphatic carbocycles. The zero-order valence-electron chi connectivity index (χ0n) is 13.8. The lowest BCUT2D eigenvalue weighted by molar-refractivity contribution is 0.0743. The van der Waals surface area contributed by atoms with E-state index in [0.717, 1.165) is 5.56 Å². The van der Waals surface area contributed by atoms with E-state index in [2.05, 4.69) is 4.72 Å². The fourth-order valence-electron chi connectivity index (χ4n) is 2.33. The first-order chi connectivity index (χ1) is 11.3. The highest BCUT2D eigenvalue weighted by molar-refractivity contribution is 7.89. The molecule has 0 saturated heterocycles. The summed E-state index contributed by atoms with van der Waals surface area (Å²) in [7, 11) is -0.617. The van der Waals surface area contributed by atoms with E-state index in [1.807, 2.05) is 25.1 Å². The van der Waals surface area contributed by atoms with Gasteiger partial charge in [0.05, 0.1) is 0 Å². The Labute approximate surface area is 147 Å². The summed E-state index contributed by atoms with van der Waals surface area (Å²) in [4.78, 5) is 14.5. The molecule has 0 aliphatic rings. The molecule has 130 valence electrons. The van der Waals surface area contributed by atoms with E-state index in [0.29, 0.717) is 23.8 Å². The number of nitrogens with one attached hydrogen (secondary N) is 1. The van der Waals surface area contributed by atoms with Crippen molar-refractivity contribution in [3.05, 3.63) is 52.8 Å². The van der Waals surface area contributed by atoms with Gasteiger partial charge in [-0.25, -0.2) is 13.1 Å². The van der Waals surface area contributed by atoms with E-state index in [1.54, 1.807) is 18.0 Å². The molecule has 1 heterocycles. The lowest BCUT2D eigenvalue weighted by Crippen LogP contribution is -2.31. The van der Waals surface area contributed by atoms with E-state index in [1.165, 1.54) is 23.9 Å². The Kier molecular flexibility index (Phi) is 5.69. The maximum Gasteiger partial charge on any atom is 0.270 e. The summed E-state index contributed by atoms with van der Waals surface area (Å²) in [6.45, 7) is 2.70. The number of carbonyl (C=O) groups excluding carboxylic acids is 1. The average Bonchev–Trinajstić information content (AvgIpc) is 2.96. The van der Waals surface area contributed by atoms with Gasteiger partial charge in [-0.2, -0.15) is 0 Å². The minimum Gasteiger partial charge on any atom is -0.345 e. The second kappa shape index (κ2) is 7.38. The van der Waals surface area contributed by atoms with Crippen LogP contribution in [-0.2, 0) is 23.6 Å². The Morgan fingerprint density at radius 3 is 2.58 bits per heavy atom. The summed E-state index contributed by atoms with van der Waals surface area (Å²) in [6, 6.07) is 8.70. The standard InChI is InChI=1S/C16H20ClN3O3S/c1-4-20(10-12-7-5-6-8-14(12)17)16(21)15-9-13(11-19(15)3)24(22,23)18-2/h5-9,11,18H,4,10H2,1-3H3. The summed E-state index contributed by atoms with van der Waals surface area (Å²) < 4.78 is 27.6. The highest BCUT2D eigenvalue weighted by Crippen LogP contribution is 2.20. The molecule has 8 heteroatoms. The predicted molar refractivity (Wildman–Crippen MR) is 93.5 cm³/mol. The predicted octanol–water partition coefficient (Wildman–Crippen LogP) is 2.25. The molecule has 1 amide bonds. The molecule has 2 aromatic rings. The van der Waals surface area contributed by atoms with Gasteiger partial charge < -0.3 is 9.47 Å². The number of amides is 1. The highest BCUT2D eigenvalue weighted by atomic mass is 35.5. The molecule has 0 radical (unpaired) electrons. The third-order valence-electron chi connectivity index (χ3n) is 3.77. The molecule has 0 saturated carbocycles. The van der Waals surface area contributed by atoms with Gasteiger partial charge >= 0.3 is 0 Å². The molecule has 24 heavy (non-hydrogen) atoms. The van der Waals surface area contributed by atoms with Crippen molar-refractivity contribution in [1.82, 2.24) is 14.2 Å². The monoisotopic (exact) mass is 369 g/mol. The van der Waals surface area contributed by atoms with Gasteiger partial charge in [0.1, 0.15) is 10.6 Å². The van der Waals surface area contributed by atoms with Gasteiger partial charge in [-0.3, -0.25) is 4.79 Å². The number of carbonyl (C=O) groups is 1. The quantitative estimate of drug-likeness (QED) is 0.848. The Hall–Kier alpha value is -1.83. The minimum atomic E-state index is -3.59. The van der Waals surface area contributed by atoms with Crippen LogP contribution in [0.3, 0.4) is 0 Å². The summed E-state index contributed by atoms with van der Waals surface area (Å²) in [5.41, 5.74) is 1.14. The van der Waals surface area contributed by atoms with Gasteiger partial charge in [0.25, 0.3) is 5.91 Å². The number of sulfonamides is 1. The topological polar surface area (TPSA) is 71.4 Å². The fraction of sp³-hybridized carbons (Fsp3) is 0.312. The minimum absolute atomic E-state index is 0.0599. The maximum atomic E-state index is 12.8. The molecule has 0 unspecified atom stereocenters. The summed E-state index contributed by atoms with van der Waals surface area (Å²) >= 11 is 6.16. The van der Waals surface area contributed by atoms with Crippen molar-refractivity contribution in [3.63, 3.8) is 0 Å². The number of nitrogens with zero attached hydrogens (tertiary/aromatic N) is 2. The molecule has 6 nitrogen and oxygen atoms in total. The van der Waals surface area contributed by atoms with Crippen molar-refractivity contribution in [1.29, 1.82) is 0 Å². The third-order valence-corrected chi connectivity index (χ3v) is 5.52. The lowest BCUT2D eigenvalue weighted by Gasteiger charge is -2.21. The molecular formula is C16H20ClN3O3S. The van der Waals surface area contributed by atoms with Crippen LogP contribution in [0.15, 0.2) is 41.4 Å². The van der Waals surface area contributed by atoms with Gasteiger partial charge in [-0.1, -0.05) is 29.8 Å². The second-order valence-corrected chi connectivity index (χ2v) is 7.58. The van der Waals surface area contributed by atoms with Gasteiger partial charge in [0, 0.05) is 31.4 Å². The number of hydrogen-bond acceptors (Lipinski definition) is 3. The van der Waals surface area contributed by atoms with Crippen LogP contribution in [0, 0.1) is 0 Å². The van der Waals surface area contributed by atoms with E-state index in [-0.39, 0.29) is 10.8 Å². The molecule has 0 fully saturated rings. The molecule has 0 bridgehead atoms. The molecule has 0 aliphatic heterocycles. The summed E-state index contributed by atoms with van der Waals surface area (Å²) in [5.74, 6) is -0.252. The Morgan fingerprint density at radius 1 is 1.33 bits per heavy atom. The molecule has 2 rings (SSSR count). The van der Waals surface area contributed by atoms with Gasteiger partial charge in [0.2, 0.25) is 10.0 Å². The molecular weight excluding hydrogens is 350 g/mol. The summed E-state index contributed by atoms with van der Waals surface area (Å²) in [5, 5.41) is 0.592. The number of aryl methyl sites for hydroxylation is 1. The van der Waals surface area contributed by atoms with Gasteiger partial charge in [-0.15, -0.1) is 0 Å². The van der Waals surface area contributed by atoms with Crippen LogP contribution in [0.1, 0.15) is 23.0 Å². The van der Waals surface area contributed by atoms with Crippen LogP contribution in [0.2, 0.25) is 5.02 Å². The van der Waals surface area contributed by atoms with Crippen molar-refractivity contribution in [2.75, 3.05) is 13.6 Å². The van der Waals surface area contributed by atoms with E-state index in [4.69, 9.17) is 11.6 Å². The first kappa shape index (κ1) is 18.5. The lowest BCUT2D eigenvalue weighted by atomic mass is 10.2. The van der Waals surface area contributed by atoms with Crippen molar-refractivity contribution in [2.45, 2.75) is 18.4 Å². The second-order valence-electron chi connectivity index (χ2n) is 5.29. The number of rotatable bonds is 6. The largest absolute Gasteiger partial charge is 0.345 e. The van der Waals surface area contributed by atoms with Crippen molar-refractivity contribution in [2.24, 2.45) is 7.05 Å². The smallest absolute Gasteiger partial charge is 0.270 e. The molecule has 1 N–H and O–H groups in total. The Bertz CT molecular complexity index is 846. The van der Waals surface area contributed by atoms with E-state index >= 15 is 0 Å². The van der Waals surface area contributed by atoms with Crippen LogP contribution in [0.5, 0.6) is 0 Å². The number of hydrogen-bond donors (Lipinski definition) is 1. The fourth-order valence-corrected chi connectivity index (χ4v) is 3.33. The molecule has 0 spiro atoms.